The van der Waals surface area contributed by atoms with Crippen LogP contribution in [0, 0.1) is 0 Å². The van der Waals surface area contributed by atoms with Gasteiger partial charge in [0.25, 0.3) is 5.91 Å². The summed E-state index contributed by atoms with van der Waals surface area (Å²) < 4.78 is 2.38. The standard InChI is InChI=1S/C25H28N6O/c1-3-31-21-7-5-4-6-17(21)18-10-9-16(13-22(18)31)24(32)28-14-15-8-11-20-19(12-15)23(27-2)30-25(26)29-20/h8-13H,3-7,14H2,1-2H3,(H,28,32)(H3,26,27,29,30). The zero-order valence-corrected chi connectivity index (χ0v) is 18.5. The Morgan fingerprint density at radius 2 is 1.94 bits per heavy atom. The molecule has 0 fully saturated rings. The number of nitrogens with zero attached hydrogens (tertiary/aromatic N) is 3. The summed E-state index contributed by atoms with van der Waals surface area (Å²) in [4.78, 5) is 21.5. The molecule has 0 atom stereocenters. The number of hydrogen-bond acceptors (Lipinski definition) is 5. The van der Waals surface area contributed by atoms with Gasteiger partial charge in [-0.2, -0.15) is 4.98 Å². The predicted molar refractivity (Wildman–Crippen MR) is 129 cm³/mol. The van der Waals surface area contributed by atoms with Gasteiger partial charge in [-0.3, -0.25) is 4.79 Å². The van der Waals surface area contributed by atoms with E-state index in [2.05, 4.69) is 38.2 Å². The summed E-state index contributed by atoms with van der Waals surface area (Å²) in [5.41, 5.74) is 12.3. The summed E-state index contributed by atoms with van der Waals surface area (Å²) in [6.45, 7) is 3.53. The first-order chi connectivity index (χ1) is 15.6. The van der Waals surface area contributed by atoms with E-state index in [1.54, 1.807) is 7.05 Å². The van der Waals surface area contributed by atoms with Crippen LogP contribution in [0.2, 0.25) is 0 Å². The lowest BCUT2D eigenvalue weighted by Crippen LogP contribution is -2.22. The molecule has 1 aliphatic rings. The monoisotopic (exact) mass is 428 g/mol. The predicted octanol–water partition coefficient (Wildman–Crippen LogP) is 4.04. The summed E-state index contributed by atoms with van der Waals surface area (Å²) in [5, 5.41) is 8.29. The van der Waals surface area contributed by atoms with Crippen molar-refractivity contribution in [2.24, 2.45) is 0 Å². The van der Waals surface area contributed by atoms with Crippen molar-refractivity contribution in [2.45, 2.75) is 45.7 Å². The molecule has 7 heteroatoms. The molecule has 0 saturated heterocycles. The molecule has 1 amide bonds. The van der Waals surface area contributed by atoms with Gasteiger partial charge in [-0.25, -0.2) is 4.98 Å². The van der Waals surface area contributed by atoms with Gasteiger partial charge in [0.05, 0.1) is 5.52 Å². The second-order valence-electron chi connectivity index (χ2n) is 8.32. The number of fused-ring (bicyclic) bond motifs is 4. The number of carbonyl (C=O) groups is 1. The molecule has 5 rings (SSSR count). The lowest BCUT2D eigenvalue weighted by molar-refractivity contribution is 0.0951. The third-order valence-electron chi connectivity index (χ3n) is 6.42. The minimum atomic E-state index is -0.0729. The molecule has 32 heavy (non-hydrogen) atoms. The Bertz CT molecular complexity index is 1340. The number of aryl methyl sites for hydroxylation is 2. The van der Waals surface area contributed by atoms with E-state index in [0.717, 1.165) is 35.9 Å². The quantitative estimate of drug-likeness (QED) is 0.446. The van der Waals surface area contributed by atoms with Crippen LogP contribution in [-0.4, -0.2) is 27.5 Å². The molecule has 4 N–H and O–H groups in total. The van der Waals surface area contributed by atoms with Crippen molar-refractivity contribution < 1.29 is 4.79 Å². The molecule has 2 heterocycles. The van der Waals surface area contributed by atoms with Gasteiger partial charge in [0.15, 0.2) is 0 Å². The van der Waals surface area contributed by atoms with Crippen LogP contribution in [0.25, 0.3) is 21.8 Å². The molecule has 0 radical (unpaired) electrons. The number of hydrogen-bond donors (Lipinski definition) is 3. The molecule has 0 saturated carbocycles. The average Bonchev–Trinajstić information content (AvgIpc) is 3.14. The van der Waals surface area contributed by atoms with Gasteiger partial charge < -0.3 is 20.9 Å². The first kappa shape index (κ1) is 20.3. The van der Waals surface area contributed by atoms with E-state index in [0.29, 0.717) is 17.9 Å². The molecule has 164 valence electrons. The van der Waals surface area contributed by atoms with Gasteiger partial charge in [0.1, 0.15) is 5.82 Å². The average molecular weight is 429 g/mol. The summed E-state index contributed by atoms with van der Waals surface area (Å²) in [6.07, 6.45) is 4.76. The Hall–Kier alpha value is -3.61. The van der Waals surface area contributed by atoms with E-state index in [1.807, 2.05) is 30.3 Å². The highest BCUT2D eigenvalue weighted by Crippen LogP contribution is 2.32. The zero-order chi connectivity index (χ0) is 22.2. The zero-order valence-electron chi connectivity index (χ0n) is 18.5. The van der Waals surface area contributed by atoms with Crippen LogP contribution < -0.4 is 16.4 Å². The number of nitrogens with one attached hydrogen (secondary N) is 2. The van der Waals surface area contributed by atoms with Gasteiger partial charge in [-0.15, -0.1) is 0 Å². The highest BCUT2D eigenvalue weighted by molar-refractivity contribution is 5.99. The second-order valence-corrected chi connectivity index (χ2v) is 8.32. The Kier molecular flexibility index (Phi) is 5.17. The summed E-state index contributed by atoms with van der Waals surface area (Å²) in [7, 11) is 1.80. The number of nitrogens with two attached hydrogens (primary N) is 1. The summed E-state index contributed by atoms with van der Waals surface area (Å²) >= 11 is 0. The van der Waals surface area contributed by atoms with E-state index >= 15 is 0 Å². The first-order valence-electron chi connectivity index (χ1n) is 11.2. The maximum Gasteiger partial charge on any atom is 0.251 e. The molecule has 4 aromatic rings. The molecule has 0 bridgehead atoms. The maximum atomic E-state index is 13.0. The third kappa shape index (κ3) is 3.43. The van der Waals surface area contributed by atoms with E-state index < -0.39 is 0 Å². The number of benzene rings is 2. The lowest BCUT2D eigenvalue weighted by atomic mass is 9.95. The van der Waals surface area contributed by atoms with Crippen LogP contribution >= 0.6 is 0 Å². The minimum absolute atomic E-state index is 0.0729. The number of aromatic nitrogens is 3. The Balaban J connectivity index is 1.40. The van der Waals surface area contributed by atoms with Crippen molar-refractivity contribution in [3.8, 4) is 0 Å². The number of anilines is 2. The first-order valence-corrected chi connectivity index (χ1v) is 11.2. The largest absolute Gasteiger partial charge is 0.372 e. The van der Waals surface area contributed by atoms with Crippen LogP contribution in [0.3, 0.4) is 0 Å². The fourth-order valence-electron chi connectivity index (χ4n) is 4.91. The molecule has 0 spiro atoms. The summed E-state index contributed by atoms with van der Waals surface area (Å²) in [5.74, 6) is 0.837. The van der Waals surface area contributed by atoms with E-state index in [4.69, 9.17) is 5.73 Å². The van der Waals surface area contributed by atoms with Gasteiger partial charge >= 0.3 is 0 Å². The molecule has 0 aliphatic heterocycles. The molecular formula is C25H28N6O. The van der Waals surface area contributed by atoms with E-state index in [9.17, 15) is 4.79 Å². The Morgan fingerprint density at radius 3 is 2.75 bits per heavy atom. The molecular weight excluding hydrogens is 400 g/mol. The topological polar surface area (TPSA) is 97.9 Å². The van der Waals surface area contributed by atoms with Crippen LogP contribution in [0.15, 0.2) is 36.4 Å². The number of amides is 1. The number of rotatable bonds is 5. The smallest absolute Gasteiger partial charge is 0.251 e. The van der Waals surface area contributed by atoms with Crippen LogP contribution in [0.5, 0.6) is 0 Å². The van der Waals surface area contributed by atoms with Crippen molar-refractivity contribution in [1.82, 2.24) is 19.9 Å². The van der Waals surface area contributed by atoms with Crippen LogP contribution in [0.4, 0.5) is 11.8 Å². The van der Waals surface area contributed by atoms with Gasteiger partial charge in [-0.05, 0) is 68.0 Å². The molecule has 2 aromatic carbocycles. The van der Waals surface area contributed by atoms with E-state index in [-0.39, 0.29) is 11.9 Å². The van der Waals surface area contributed by atoms with Gasteiger partial charge in [0.2, 0.25) is 5.95 Å². The van der Waals surface area contributed by atoms with Crippen LogP contribution in [0.1, 0.15) is 46.9 Å². The molecule has 2 aromatic heterocycles. The molecule has 0 unspecified atom stereocenters. The van der Waals surface area contributed by atoms with Crippen molar-refractivity contribution in [3.63, 3.8) is 0 Å². The van der Waals surface area contributed by atoms with Crippen molar-refractivity contribution in [2.75, 3.05) is 18.1 Å². The highest BCUT2D eigenvalue weighted by atomic mass is 16.1. The minimum Gasteiger partial charge on any atom is -0.372 e. The van der Waals surface area contributed by atoms with Crippen molar-refractivity contribution in [1.29, 1.82) is 0 Å². The normalized spacial score (nSPS) is 13.3. The number of carbonyl (C=O) groups excluding carboxylic acids is 1. The fourth-order valence-corrected chi connectivity index (χ4v) is 4.91. The Labute approximate surface area is 187 Å². The lowest BCUT2D eigenvalue weighted by Gasteiger charge is -2.14. The van der Waals surface area contributed by atoms with Gasteiger partial charge in [-0.1, -0.05) is 12.1 Å². The van der Waals surface area contributed by atoms with Crippen LogP contribution in [-0.2, 0) is 25.9 Å². The SMILES string of the molecule is CCn1c2c(c3ccc(C(=O)NCc4ccc5nc(N)nc(NC)c5c4)cc31)CCCC2. The third-order valence-corrected chi connectivity index (χ3v) is 6.42. The van der Waals surface area contributed by atoms with Gasteiger partial charge in [0, 0.05) is 47.7 Å². The second kappa shape index (κ2) is 8.15. The number of nitrogen functional groups attached to an aromatic ring is 1. The van der Waals surface area contributed by atoms with E-state index in [1.165, 1.54) is 35.0 Å². The highest BCUT2D eigenvalue weighted by Gasteiger charge is 2.20. The van der Waals surface area contributed by atoms with Crippen molar-refractivity contribution in [3.05, 3.63) is 58.8 Å². The Morgan fingerprint density at radius 1 is 1.09 bits per heavy atom. The molecule has 1 aliphatic carbocycles. The fraction of sp³-hybridized carbons (Fsp3) is 0.320. The maximum absolute atomic E-state index is 13.0. The summed E-state index contributed by atoms with van der Waals surface area (Å²) in [6, 6.07) is 12.0. The molecule has 7 nitrogen and oxygen atoms in total. The van der Waals surface area contributed by atoms with Crippen molar-refractivity contribution >= 4 is 39.5 Å².